The van der Waals surface area contributed by atoms with E-state index in [1.165, 1.54) is 10.7 Å². The number of methoxy groups -OCH3 is 1. The molecule has 0 aliphatic rings. The topological polar surface area (TPSA) is 98.4 Å². The molecular formula is C32H31FN4O4. The van der Waals surface area contributed by atoms with E-state index in [4.69, 9.17) is 4.74 Å². The van der Waals surface area contributed by atoms with Crippen molar-refractivity contribution in [1.29, 1.82) is 0 Å². The number of pyridine rings is 1. The zero-order chi connectivity index (χ0) is 29.3. The van der Waals surface area contributed by atoms with Crippen molar-refractivity contribution in [2.75, 3.05) is 12.4 Å². The zero-order valence-electron chi connectivity index (χ0n) is 23.3. The van der Waals surface area contributed by atoms with Crippen LogP contribution in [0.3, 0.4) is 0 Å². The van der Waals surface area contributed by atoms with Crippen LogP contribution in [-0.4, -0.2) is 38.1 Å². The molecule has 0 spiro atoms. The molecule has 41 heavy (non-hydrogen) atoms. The molecule has 9 heteroatoms. The van der Waals surface area contributed by atoms with Gasteiger partial charge in [-0.25, -0.2) is 9.07 Å². The van der Waals surface area contributed by atoms with Crippen molar-refractivity contribution in [3.63, 3.8) is 0 Å². The minimum absolute atomic E-state index is 0.0794. The Morgan fingerprint density at radius 3 is 2.49 bits per heavy atom. The van der Waals surface area contributed by atoms with E-state index in [1.54, 1.807) is 75.2 Å². The first-order chi connectivity index (χ1) is 19.6. The molecule has 2 heterocycles. The van der Waals surface area contributed by atoms with Crippen LogP contribution in [0.4, 0.5) is 10.1 Å². The summed E-state index contributed by atoms with van der Waals surface area (Å²) < 4.78 is 23.5. The molecule has 0 saturated carbocycles. The largest absolute Gasteiger partial charge is 0.497 e. The Bertz CT molecular complexity index is 1800. The number of nitrogens with one attached hydrogen (secondary N) is 1. The molecule has 2 aromatic heterocycles. The van der Waals surface area contributed by atoms with Crippen molar-refractivity contribution in [3.05, 3.63) is 118 Å². The highest BCUT2D eigenvalue weighted by molar-refractivity contribution is 6.05. The standard InChI is InChI=1S/C32H31FN4O4/c1-20-29(31(39)37(24-8-6-5-7-9-24)36(20)19-32(2,3)40)30(38)35-23-11-10-22(27(33)17-23)16-21-14-15-34-28-18-25(41-4)12-13-26(21)28/h5-15,17-18,40H,16,19H2,1-4H3,(H,35,38). The smallest absolute Gasteiger partial charge is 0.284 e. The molecule has 0 aliphatic carbocycles. The van der Waals surface area contributed by atoms with Gasteiger partial charge in [0.25, 0.3) is 11.5 Å². The number of benzene rings is 3. The number of amides is 1. The summed E-state index contributed by atoms with van der Waals surface area (Å²) in [5, 5.41) is 14.1. The van der Waals surface area contributed by atoms with Gasteiger partial charge < -0.3 is 15.2 Å². The molecule has 0 fully saturated rings. The van der Waals surface area contributed by atoms with Crippen molar-refractivity contribution in [2.45, 2.75) is 39.3 Å². The summed E-state index contributed by atoms with van der Waals surface area (Å²) in [6.07, 6.45) is 2.00. The van der Waals surface area contributed by atoms with Crippen molar-refractivity contribution in [1.82, 2.24) is 14.3 Å². The fourth-order valence-corrected chi connectivity index (χ4v) is 4.93. The molecule has 5 rings (SSSR count). The number of rotatable bonds is 8. The normalized spacial score (nSPS) is 11.6. The summed E-state index contributed by atoms with van der Waals surface area (Å²) in [4.78, 5) is 31.3. The molecule has 0 saturated heterocycles. The number of carbonyl (C=O) groups is 1. The molecule has 0 aliphatic heterocycles. The van der Waals surface area contributed by atoms with Crippen LogP contribution in [0.2, 0.25) is 0 Å². The Morgan fingerprint density at radius 2 is 1.80 bits per heavy atom. The van der Waals surface area contributed by atoms with Crippen molar-refractivity contribution in [2.24, 2.45) is 0 Å². The van der Waals surface area contributed by atoms with E-state index in [0.717, 1.165) is 16.5 Å². The van der Waals surface area contributed by atoms with Crippen LogP contribution < -0.4 is 15.6 Å². The quantitative estimate of drug-likeness (QED) is 0.273. The van der Waals surface area contributed by atoms with Crippen LogP contribution in [0.1, 0.15) is 41.0 Å². The van der Waals surface area contributed by atoms with Crippen LogP contribution >= 0.6 is 0 Å². The van der Waals surface area contributed by atoms with Crippen LogP contribution in [-0.2, 0) is 13.0 Å². The molecule has 0 unspecified atom stereocenters. The van der Waals surface area contributed by atoms with Gasteiger partial charge in [-0.15, -0.1) is 0 Å². The van der Waals surface area contributed by atoms with E-state index < -0.39 is 22.9 Å². The predicted octanol–water partition coefficient (Wildman–Crippen LogP) is 5.26. The molecule has 3 aromatic carbocycles. The first kappa shape index (κ1) is 27.8. The van der Waals surface area contributed by atoms with Crippen molar-refractivity contribution < 1.29 is 19.0 Å². The fourth-order valence-electron chi connectivity index (χ4n) is 4.93. The summed E-state index contributed by atoms with van der Waals surface area (Å²) in [6, 6.07) is 20.8. The van der Waals surface area contributed by atoms with Crippen LogP contribution in [0.5, 0.6) is 5.75 Å². The van der Waals surface area contributed by atoms with Crippen molar-refractivity contribution >= 4 is 22.5 Å². The lowest BCUT2D eigenvalue weighted by atomic mass is 10.0. The molecule has 1 amide bonds. The Kier molecular flexibility index (Phi) is 7.47. The molecule has 0 atom stereocenters. The highest BCUT2D eigenvalue weighted by Gasteiger charge is 2.27. The molecular weight excluding hydrogens is 523 g/mol. The van der Waals surface area contributed by atoms with Crippen LogP contribution in [0.25, 0.3) is 16.6 Å². The van der Waals surface area contributed by atoms with Gasteiger partial charge in [0.05, 0.1) is 36.2 Å². The number of nitrogens with zero attached hydrogens (tertiary/aromatic N) is 3. The lowest BCUT2D eigenvalue weighted by Gasteiger charge is -2.22. The van der Waals surface area contributed by atoms with Gasteiger partial charge in [-0.05, 0) is 74.4 Å². The van der Waals surface area contributed by atoms with E-state index in [2.05, 4.69) is 10.3 Å². The van der Waals surface area contributed by atoms with Gasteiger partial charge in [0, 0.05) is 29.8 Å². The summed E-state index contributed by atoms with van der Waals surface area (Å²) in [7, 11) is 1.59. The Balaban J connectivity index is 1.43. The van der Waals surface area contributed by atoms with Gasteiger partial charge in [-0.3, -0.25) is 19.3 Å². The first-order valence-corrected chi connectivity index (χ1v) is 13.2. The van der Waals surface area contributed by atoms with Gasteiger partial charge in [-0.2, -0.15) is 0 Å². The molecule has 2 N–H and O–H groups in total. The number of fused-ring (bicyclic) bond motifs is 1. The SMILES string of the molecule is COc1ccc2c(Cc3ccc(NC(=O)c4c(C)n(CC(C)(C)O)n(-c5ccccc5)c4=O)cc3F)ccnc2c1. The van der Waals surface area contributed by atoms with Crippen molar-refractivity contribution in [3.8, 4) is 11.4 Å². The van der Waals surface area contributed by atoms with Gasteiger partial charge in [0.2, 0.25) is 0 Å². The molecule has 210 valence electrons. The molecule has 0 radical (unpaired) electrons. The maximum atomic E-state index is 15.3. The number of ether oxygens (including phenoxy) is 1. The highest BCUT2D eigenvalue weighted by atomic mass is 19.1. The van der Waals surface area contributed by atoms with E-state index in [1.807, 2.05) is 30.3 Å². The van der Waals surface area contributed by atoms with Gasteiger partial charge in [-0.1, -0.05) is 24.3 Å². The van der Waals surface area contributed by atoms with Gasteiger partial charge in [0.1, 0.15) is 17.1 Å². The Morgan fingerprint density at radius 1 is 1.05 bits per heavy atom. The molecule has 0 bridgehead atoms. The number of anilines is 1. The van der Waals surface area contributed by atoms with E-state index in [-0.39, 0.29) is 17.8 Å². The second kappa shape index (κ2) is 11.0. The fraction of sp³-hybridized carbons (Fsp3) is 0.219. The number of hydrogen-bond donors (Lipinski definition) is 2. The maximum Gasteiger partial charge on any atom is 0.284 e. The summed E-state index contributed by atoms with van der Waals surface area (Å²) in [5.74, 6) is -0.457. The predicted molar refractivity (Wildman–Crippen MR) is 157 cm³/mol. The zero-order valence-corrected chi connectivity index (χ0v) is 23.3. The number of hydrogen-bond acceptors (Lipinski definition) is 5. The summed E-state index contributed by atoms with van der Waals surface area (Å²) in [5.41, 5.74) is 1.50. The van der Waals surface area contributed by atoms with E-state index in [0.29, 0.717) is 29.1 Å². The summed E-state index contributed by atoms with van der Waals surface area (Å²) in [6.45, 7) is 4.99. The van der Waals surface area contributed by atoms with Gasteiger partial charge in [0.15, 0.2) is 0 Å². The Hall–Kier alpha value is -4.76. The molecule has 5 aromatic rings. The molecule has 8 nitrogen and oxygen atoms in total. The third kappa shape index (κ3) is 5.76. The highest BCUT2D eigenvalue weighted by Crippen LogP contribution is 2.26. The first-order valence-electron chi connectivity index (χ1n) is 13.2. The van der Waals surface area contributed by atoms with Crippen LogP contribution in [0.15, 0.2) is 83.8 Å². The number of halogens is 1. The lowest BCUT2D eigenvalue weighted by molar-refractivity contribution is 0.0546. The number of aliphatic hydroxyl groups is 1. The average molecular weight is 555 g/mol. The summed E-state index contributed by atoms with van der Waals surface area (Å²) >= 11 is 0. The number of carbonyl (C=O) groups excluding carboxylic acids is 1. The van der Waals surface area contributed by atoms with Gasteiger partial charge >= 0.3 is 0 Å². The minimum Gasteiger partial charge on any atom is -0.497 e. The second-order valence-electron chi connectivity index (χ2n) is 10.6. The lowest BCUT2D eigenvalue weighted by Crippen LogP contribution is -2.32. The third-order valence-electron chi connectivity index (χ3n) is 6.89. The maximum absolute atomic E-state index is 15.3. The Labute approximate surface area is 236 Å². The van der Waals surface area contributed by atoms with Crippen LogP contribution in [0, 0.1) is 12.7 Å². The number of aromatic nitrogens is 3. The third-order valence-corrected chi connectivity index (χ3v) is 6.89. The minimum atomic E-state index is -1.15. The second-order valence-corrected chi connectivity index (χ2v) is 10.6. The van der Waals surface area contributed by atoms with E-state index >= 15 is 4.39 Å². The van der Waals surface area contributed by atoms with E-state index in [9.17, 15) is 14.7 Å². The monoisotopic (exact) mass is 554 g/mol. The number of para-hydroxylation sites is 1. The average Bonchev–Trinajstić information content (AvgIpc) is 3.17.